The number of carboxylic acids is 1. The molecule has 1 N–H and O–H groups in total. The lowest BCUT2D eigenvalue weighted by molar-refractivity contribution is -0.144. The van der Waals surface area contributed by atoms with E-state index in [4.69, 9.17) is 5.11 Å². The van der Waals surface area contributed by atoms with Gasteiger partial charge >= 0.3 is 5.97 Å². The Hall–Kier alpha value is -1.68. The number of Topliss-reactive ketones (excluding diaryl/α,β-unsaturated/α-hetero) is 1. The number of carbonyl (C=O) groups is 2. The Morgan fingerprint density at radius 1 is 1.25 bits per heavy atom. The van der Waals surface area contributed by atoms with Crippen molar-refractivity contribution in [3.05, 3.63) is 35.9 Å². The van der Waals surface area contributed by atoms with Crippen molar-refractivity contribution in [2.45, 2.75) is 32.2 Å². The molecular weight excluding hydrogens is 254 g/mol. The van der Waals surface area contributed by atoms with Crippen LogP contribution in [0, 0.1) is 5.92 Å². The van der Waals surface area contributed by atoms with Gasteiger partial charge in [-0.1, -0.05) is 37.3 Å². The van der Waals surface area contributed by atoms with Gasteiger partial charge in [0, 0.05) is 11.5 Å². The van der Waals surface area contributed by atoms with E-state index in [2.05, 4.69) is 0 Å². The standard InChI is InChI=1S/C16H21NO3/c1-2-14(16(19)20)17-10-8-13(9-11-17)15(18)12-6-4-3-5-7-12/h3-7,13-14H,2,8-11H2,1H3,(H,19,20)/t14-/m1/s1. The third-order valence-corrected chi connectivity index (χ3v) is 4.07. The van der Waals surface area contributed by atoms with Crippen molar-refractivity contribution < 1.29 is 14.7 Å². The van der Waals surface area contributed by atoms with Crippen LogP contribution in [0.5, 0.6) is 0 Å². The summed E-state index contributed by atoms with van der Waals surface area (Å²) in [7, 11) is 0. The Morgan fingerprint density at radius 3 is 2.35 bits per heavy atom. The quantitative estimate of drug-likeness (QED) is 0.839. The zero-order chi connectivity index (χ0) is 14.5. The molecule has 108 valence electrons. The Labute approximate surface area is 119 Å². The maximum absolute atomic E-state index is 12.3. The van der Waals surface area contributed by atoms with Gasteiger partial charge in [-0.25, -0.2) is 0 Å². The molecule has 0 radical (unpaired) electrons. The van der Waals surface area contributed by atoms with E-state index in [1.807, 2.05) is 42.2 Å². The number of nitrogens with zero attached hydrogens (tertiary/aromatic N) is 1. The van der Waals surface area contributed by atoms with E-state index in [1.54, 1.807) is 0 Å². The summed E-state index contributed by atoms with van der Waals surface area (Å²) in [5.41, 5.74) is 0.760. The summed E-state index contributed by atoms with van der Waals surface area (Å²) in [5, 5.41) is 9.17. The van der Waals surface area contributed by atoms with Gasteiger partial charge in [0.25, 0.3) is 0 Å². The lowest BCUT2D eigenvalue weighted by Crippen LogP contribution is -2.46. The van der Waals surface area contributed by atoms with Gasteiger partial charge in [0.1, 0.15) is 6.04 Å². The van der Waals surface area contributed by atoms with E-state index < -0.39 is 12.0 Å². The molecule has 1 saturated heterocycles. The average Bonchev–Trinajstić information content (AvgIpc) is 2.48. The highest BCUT2D eigenvalue weighted by atomic mass is 16.4. The minimum Gasteiger partial charge on any atom is -0.480 e. The highest BCUT2D eigenvalue weighted by molar-refractivity contribution is 5.97. The summed E-state index contributed by atoms with van der Waals surface area (Å²) in [5.74, 6) is -0.547. The van der Waals surface area contributed by atoms with E-state index >= 15 is 0 Å². The van der Waals surface area contributed by atoms with Crippen LogP contribution >= 0.6 is 0 Å². The molecule has 20 heavy (non-hydrogen) atoms. The van der Waals surface area contributed by atoms with Crippen molar-refractivity contribution in [1.82, 2.24) is 4.90 Å². The summed E-state index contributed by atoms with van der Waals surface area (Å²) in [6.45, 7) is 3.27. The molecule has 0 aliphatic carbocycles. The first-order chi connectivity index (χ1) is 9.63. The molecule has 4 heteroatoms. The first kappa shape index (κ1) is 14.7. The molecule has 0 bridgehead atoms. The van der Waals surface area contributed by atoms with Crippen molar-refractivity contribution in [2.75, 3.05) is 13.1 Å². The van der Waals surface area contributed by atoms with Crippen LogP contribution in [-0.2, 0) is 4.79 Å². The summed E-state index contributed by atoms with van der Waals surface area (Å²) in [6.07, 6.45) is 2.10. The second kappa shape index (κ2) is 6.66. The third-order valence-electron chi connectivity index (χ3n) is 4.07. The molecule has 1 aromatic carbocycles. The van der Waals surface area contributed by atoms with Crippen molar-refractivity contribution in [1.29, 1.82) is 0 Å². The van der Waals surface area contributed by atoms with Crippen LogP contribution in [0.4, 0.5) is 0 Å². The van der Waals surface area contributed by atoms with Gasteiger partial charge in [0.2, 0.25) is 0 Å². The molecule has 0 spiro atoms. The fourth-order valence-electron chi connectivity index (χ4n) is 2.90. The number of carboxylic acid groups (broad SMARTS) is 1. The van der Waals surface area contributed by atoms with Crippen molar-refractivity contribution in [3.8, 4) is 0 Å². The van der Waals surface area contributed by atoms with Crippen molar-refractivity contribution >= 4 is 11.8 Å². The van der Waals surface area contributed by atoms with Crippen LogP contribution in [0.2, 0.25) is 0 Å². The van der Waals surface area contributed by atoms with Gasteiger partial charge in [0.05, 0.1) is 0 Å². The maximum atomic E-state index is 12.3. The summed E-state index contributed by atoms with van der Waals surface area (Å²) in [4.78, 5) is 25.5. The average molecular weight is 275 g/mol. The number of piperidine rings is 1. The summed E-state index contributed by atoms with van der Waals surface area (Å²) in [6, 6.07) is 8.93. The van der Waals surface area contributed by atoms with E-state index in [0.717, 1.165) is 18.4 Å². The van der Waals surface area contributed by atoms with Gasteiger partial charge in [-0.15, -0.1) is 0 Å². The van der Waals surface area contributed by atoms with Crippen molar-refractivity contribution in [2.24, 2.45) is 5.92 Å². The summed E-state index contributed by atoms with van der Waals surface area (Å²) < 4.78 is 0. The summed E-state index contributed by atoms with van der Waals surface area (Å²) >= 11 is 0. The Balaban J connectivity index is 1.94. The molecule has 4 nitrogen and oxygen atoms in total. The second-order valence-corrected chi connectivity index (χ2v) is 5.30. The lowest BCUT2D eigenvalue weighted by atomic mass is 9.88. The first-order valence-corrected chi connectivity index (χ1v) is 7.19. The molecule has 0 saturated carbocycles. The van der Waals surface area contributed by atoms with Crippen LogP contribution in [0.25, 0.3) is 0 Å². The molecule has 1 atom stereocenters. The number of benzene rings is 1. The van der Waals surface area contributed by atoms with Gasteiger partial charge in [0.15, 0.2) is 5.78 Å². The Bertz CT molecular complexity index is 464. The highest BCUT2D eigenvalue weighted by Crippen LogP contribution is 2.23. The maximum Gasteiger partial charge on any atom is 0.320 e. The van der Waals surface area contributed by atoms with Crippen LogP contribution in [0.1, 0.15) is 36.5 Å². The number of likely N-dealkylation sites (tertiary alicyclic amines) is 1. The normalized spacial score (nSPS) is 18.6. The molecule has 1 aromatic rings. The van der Waals surface area contributed by atoms with Crippen LogP contribution in [0.15, 0.2) is 30.3 Å². The minimum absolute atomic E-state index is 0.0277. The van der Waals surface area contributed by atoms with E-state index in [0.29, 0.717) is 19.5 Å². The number of aliphatic carboxylic acids is 1. The van der Waals surface area contributed by atoms with Crippen molar-refractivity contribution in [3.63, 3.8) is 0 Å². The number of hydrogen-bond donors (Lipinski definition) is 1. The van der Waals surface area contributed by atoms with Crippen LogP contribution in [-0.4, -0.2) is 40.9 Å². The van der Waals surface area contributed by atoms with E-state index in [9.17, 15) is 9.59 Å². The molecule has 0 aromatic heterocycles. The number of ketones is 1. The number of rotatable bonds is 5. The number of hydrogen-bond acceptors (Lipinski definition) is 3. The monoisotopic (exact) mass is 275 g/mol. The van der Waals surface area contributed by atoms with Gasteiger partial charge < -0.3 is 5.11 Å². The molecule has 2 rings (SSSR count). The molecule has 1 aliphatic heterocycles. The predicted molar refractivity (Wildman–Crippen MR) is 76.8 cm³/mol. The molecule has 0 unspecified atom stereocenters. The fraction of sp³-hybridized carbons (Fsp3) is 0.500. The smallest absolute Gasteiger partial charge is 0.320 e. The molecular formula is C16H21NO3. The zero-order valence-electron chi connectivity index (χ0n) is 11.8. The van der Waals surface area contributed by atoms with Gasteiger partial charge in [-0.3, -0.25) is 14.5 Å². The second-order valence-electron chi connectivity index (χ2n) is 5.30. The molecule has 0 amide bonds. The van der Waals surface area contributed by atoms with Crippen LogP contribution < -0.4 is 0 Å². The Morgan fingerprint density at radius 2 is 1.85 bits per heavy atom. The van der Waals surface area contributed by atoms with Crippen LogP contribution in [0.3, 0.4) is 0 Å². The Kier molecular flexibility index (Phi) is 4.90. The van der Waals surface area contributed by atoms with E-state index in [-0.39, 0.29) is 11.7 Å². The van der Waals surface area contributed by atoms with Gasteiger partial charge in [-0.2, -0.15) is 0 Å². The lowest BCUT2D eigenvalue weighted by Gasteiger charge is -2.34. The molecule has 1 fully saturated rings. The number of carbonyl (C=O) groups excluding carboxylic acids is 1. The van der Waals surface area contributed by atoms with Gasteiger partial charge in [-0.05, 0) is 32.4 Å². The molecule has 1 aliphatic rings. The topological polar surface area (TPSA) is 57.6 Å². The first-order valence-electron chi connectivity index (χ1n) is 7.19. The molecule has 1 heterocycles. The zero-order valence-corrected chi connectivity index (χ0v) is 11.8. The highest BCUT2D eigenvalue weighted by Gasteiger charge is 2.31. The largest absolute Gasteiger partial charge is 0.480 e. The van der Waals surface area contributed by atoms with E-state index in [1.165, 1.54) is 0 Å². The third kappa shape index (κ3) is 3.25. The fourth-order valence-corrected chi connectivity index (χ4v) is 2.90. The minimum atomic E-state index is -0.764. The predicted octanol–water partition coefficient (Wildman–Crippen LogP) is 2.44. The SMILES string of the molecule is CC[C@H](C(=O)O)N1CCC(C(=O)c2ccccc2)CC1.